The van der Waals surface area contributed by atoms with Gasteiger partial charge in [0.15, 0.2) is 0 Å². The molecular weight excluding hydrogens is 236 g/mol. The number of carbonyl (C=O) groups excluding carboxylic acids is 1. The molecule has 1 aliphatic rings. The second-order valence-electron chi connectivity index (χ2n) is 5.30. The Balaban J connectivity index is 1.99. The zero-order valence-corrected chi connectivity index (χ0v) is 12.0. The first kappa shape index (κ1) is 14.1. The third-order valence-electron chi connectivity index (χ3n) is 4.06. The molecule has 1 aliphatic heterocycles. The zero-order valence-electron chi connectivity index (χ0n) is 12.0. The van der Waals surface area contributed by atoms with Crippen molar-refractivity contribution < 1.29 is 4.79 Å². The molecule has 2 rings (SSSR count). The molecule has 0 spiro atoms. The van der Waals surface area contributed by atoms with Crippen molar-refractivity contribution >= 4 is 5.91 Å². The van der Waals surface area contributed by atoms with Crippen molar-refractivity contribution in [2.24, 2.45) is 5.92 Å². The van der Waals surface area contributed by atoms with Crippen LogP contribution in [0.25, 0.3) is 0 Å². The highest BCUT2D eigenvalue weighted by Gasteiger charge is 2.13. The molecule has 3 nitrogen and oxygen atoms in total. The van der Waals surface area contributed by atoms with Crippen LogP contribution in [0.2, 0.25) is 0 Å². The van der Waals surface area contributed by atoms with Gasteiger partial charge in [0.05, 0.1) is 0 Å². The molecule has 1 heterocycles. The summed E-state index contributed by atoms with van der Waals surface area (Å²) in [6.07, 6.45) is 3.29. The SMILES string of the molecule is CCC(CC)CNC(=O)c1ccc2c(c1)CNCC2. The van der Waals surface area contributed by atoms with Gasteiger partial charge in [-0.15, -0.1) is 0 Å². The molecule has 3 heteroatoms. The number of nitrogens with one attached hydrogen (secondary N) is 2. The molecule has 0 aromatic heterocycles. The Morgan fingerprint density at radius 1 is 1.32 bits per heavy atom. The van der Waals surface area contributed by atoms with E-state index < -0.39 is 0 Å². The van der Waals surface area contributed by atoms with E-state index in [0.29, 0.717) is 5.92 Å². The highest BCUT2D eigenvalue weighted by Crippen LogP contribution is 2.16. The minimum absolute atomic E-state index is 0.0558. The topological polar surface area (TPSA) is 41.1 Å². The van der Waals surface area contributed by atoms with Gasteiger partial charge in [0.1, 0.15) is 0 Å². The lowest BCUT2D eigenvalue weighted by atomic mass is 9.98. The van der Waals surface area contributed by atoms with Gasteiger partial charge in [-0.25, -0.2) is 0 Å². The molecule has 0 bridgehead atoms. The molecule has 0 unspecified atom stereocenters. The Hall–Kier alpha value is -1.35. The maximum absolute atomic E-state index is 12.1. The van der Waals surface area contributed by atoms with Crippen molar-refractivity contribution in [3.8, 4) is 0 Å². The van der Waals surface area contributed by atoms with Crippen LogP contribution < -0.4 is 10.6 Å². The van der Waals surface area contributed by atoms with E-state index in [4.69, 9.17) is 0 Å². The van der Waals surface area contributed by atoms with Gasteiger partial charge < -0.3 is 10.6 Å². The van der Waals surface area contributed by atoms with Gasteiger partial charge in [-0.05, 0) is 42.1 Å². The lowest BCUT2D eigenvalue weighted by Gasteiger charge is -2.18. The van der Waals surface area contributed by atoms with Gasteiger partial charge >= 0.3 is 0 Å². The monoisotopic (exact) mass is 260 g/mol. The molecule has 2 N–H and O–H groups in total. The van der Waals surface area contributed by atoms with Gasteiger partial charge in [0.25, 0.3) is 5.91 Å². The van der Waals surface area contributed by atoms with Crippen LogP contribution in [-0.4, -0.2) is 19.0 Å². The van der Waals surface area contributed by atoms with Crippen molar-refractivity contribution in [2.75, 3.05) is 13.1 Å². The van der Waals surface area contributed by atoms with Crippen LogP contribution in [-0.2, 0) is 13.0 Å². The Morgan fingerprint density at radius 2 is 2.11 bits per heavy atom. The average molecular weight is 260 g/mol. The molecule has 0 atom stereocenters. The van der Waals surface area contributed by atoms with Crippen LogP contribution in [0.1, 0.15) is 48.2 Å². The summed E-state index contributed by atoms with van der Waals surface area (Å²) in [6.45, 7) is 7.03. The van der Waals surface area contributed by atoms with Crippen molar-refractivity contribution in [2.45, 2.75) is 39.7 Å². The third-order valence-corrected chi connectivity index (χ3v) is 4.06. The standard InChI is InChI=1S/C16H24N2O/c1-3-12(4-2)10-18-16(19)14-6-5-13-7-8-17-11-15(13)9-14/h5-6,9,12,17H,3-4,7-8,10-11H2,1-2H3,(H,18,19). The normalized spacial score (nSPS) is 14.3. The Bertz CT molecular complexity index is 438. The molecule has 0 radical (unpaired) electrons. The van der Waals surface area contributed by atoms with Crippen molar-refractivity contribution in [3.05, 3.63) is 34.9 Å². The first-order chi connectivity index (χ1) is 9.24. The molecule has 19 heavy (non-hydrogen) atoms. The second-order valence-corrected chi connectivity index (χ2v) is 5.30. The van der Waals surface area contributed by atoms with Crippen LogP contribution in [0, 0.1) is 5.92 Å². The third kappa shape index (κ3) is 3.57. The summed E-state index contributed by atoms with van der Waals surface area (Å²) in [5, 5.41) is 6.39. The molecule has 0 aliphatic carbocycles. The Kier molecular flexibility index (Phi) is 4.97. The maximum Gasteiger partial charge on any atom is 0.251 e. The predicted molar refractivity (Wildman–Crippen MR) is 78.3 cm³/mol. The minimum atomic E-state index is 0.0558. The Labute approximate surface area is 115 Å². The van der Waals surface area contributed by atoms with Gasteiger partial charge in [-0.2, -0.15) is 0 Å². The van der Waals surface area contributed by atoms with Crippen molar-refractivity contribution in [3.63, 3.8) is 0 Å². The lowest BCUT2D eigenvalue weighted by molar-refractivity contribution is 0.0946. The fourth-order valence-electron chi connectivity index (χ4n) is 2.54. The summed E-state index contributed by atoms with van der Waals surface area (Å²) in [4.78, 5) is 12.1. The summed E-state index contributed by atoms with van der Waals surface area (Å²) < 4.78 is 0. The minimum Gasteiger partial charge on any atom is -0.352 e. The number of fused-ring (bicyclic) bond motifs is 1. The number of carbonyl (C=O) groups is 1. The molecular formula is C16H24N2O. The van der Waals surface area contributed by atoms with E-state index in [2.05, 4.69) is 30.5 Å². The van der Waals surface area contributed by atoms with Crippen molar-refractivity contribution in [1.82, 2.24) is 10.6 Å². The summed E-state index contributed by atoms with van der Waals surface area (Å²) in [7, 11) is 0. The number of hydrogen-bond donors (Lipinski definition) is 2. The molecule has 0 fully saturated rings. The van der Waals surface area contributed by atoms with Crippen LogP contribution in [0.5, 0.6) is 0 Å². The van der Waals surface area contributed by atoms with E-state index in [1.54, 1.807) is 0 Å². The van der Waals surface area contributed by atoms with Crippen LogP contribution in [0.4, 0.5) is 0 Å². The number of benzene rings is 1. The second kappa shape index (κ2) is 6.71. The van der Waals surface area contributed by atoms with E-state index in [9.17, 15) is 4.79 Å². The first-order valence-corrected chi connectivity index (χ1v) is 7.35. The summed E-state index contributed by atoms with van der Waals surface area (Å²) in [6, 6.07) is 6.08. The molecule has 1 amide bonds. The zero-order chi connectivity index (χ0) is 13.7. The molecule has 1 aromatic carbocycles. The first-order valence-electron chi connectivity index (χ1n) is 7.35. The van der Waals surface area contributed by atoms with Crippen LogP contribution >= 0.6 is 0 Å². The van der Waals surface area contributed by atoms with Crippen molar-refractivity contribution in [1.29, 1.82) is 0 Å². The van der Waals surface area contributed by atoms with Gasteiger partial charge in [0.2, 0.25) is 0 Å². The van der Waals surface area contributed by atoms with E-state index in [1.165, 1.54) is 11.1 Å². The summed E-state index contributed by atoms with van der Waals surface area (Å²) in [5.74, 6) is 0.642. The molecule has 1 aromatic rings. The number of amides is 1. The fourth-order valence-corrected chi connectivity index (χ4v) is 2.54. The molecule has 0 saturated carbocycles. The van der Waals surface area contributed by atoms with Gasteiger partial charge in [-0.3, -0.25) is 4.79 Å². The van der Waals surface area contributed by atoms with E-state index in [-0.39, 0.29) is 5.91 Å². The van der Waals surface area contributed by atoms with E-state index in [1.807, 2.05) is 12.1 Å². The van der Waals surface area contributed by atoms with Crippen LogP contribution in [0.3, 0.4) is 0 Å². The highest BCUT2D eigenvalue weighted by molar-refractivity contribution is 5.94. The van der Waals surface area contributed by atoms with E-state index >= 15 is 0 Å². The molecule has 0 saturated heterocycles. The van der Waals surface area contributed by atoms with E-state index in [0.717, 1.165) is 44.5 Å². The van der Waals surface area contributed by atoms with Gasteiger partial charge in [0, 0.05) is 18.7 Å². The fraction of sp³-hybridized carbons (Fsp3) is 0.562. The largest absolute Gasteiger partial charge is 0.352 e. The average Bonchev–Trinajstić information content (AvgIpc) is 2.47. The summed E-state index contributed by atoms with van der Waals surface area (Å²) in [5.41, 5.74) is 3.42. The summed E-state index contributed by atoms with van der Waals surface area (Å²) >= 11 is 0. The Morgan fingerprint density at radius 3 is 2.84 bits per heavy atom. The smallest absolute Gasteiger partial charge is 0.251 e. The number of hydrogen-bond acceptors (Lipinski definition) is 2. The quantitative estimate of drug-likeness (QED) is 0.854. The lowest BCUT2D eigenvalue weighted by Crippen LogP contribution is -2.29. The highest BCUT2D eigenvalue weighted by atomic mass is 16.1. The predicted octanol–water partition coefficient (Wildman–Crippen LogP) is 2.50. The number of rotatable bonds is 5. The van der Waals surface area contributed by atoms with Crippen LogP contribution in [0.15, 0.2) is 18.2 Å². The maximum atomic E-state index is 12.1. The van der Waals surface area contributed by atoms with Gasteiger partial charge in [-0.1, -0.05) is 32.8 Å². The molecule has 104 valence electrons.